The fourth-order valence-electron chi connectivity index (χ4n) is 2.45. The van der Waals surface area contributed by atoms with E-state index in [0.717, 1.165) is 30.8 Å². The van der Waals surface area contributed by atoms with Gasteiger partial charge in [0.2, 0.25) is 0 Å². The van der Waals surface area contributed by atoms with E-state index in [1.807, 2.05) is 42.5 Å². The summed E-state index contributed by atoms with van der Waals surface area (Å²) in [6, 6.07) is 13.5. The molecule has 0 unspecified atom stereocenters. The first-order valence-electron chi connectivity index (χ1n) is 8.72. The number of aliphatic hydroxyl groups is 1. The number of nitrogens with one attached hydrogen (secondary N) is 2. The summed E-state index contributed by atoms with van der Waals surface area (Å²) in [5.74, 6) is 1.41. The first-order chi connectivity index (χ1) is 12.6. The van der Waals surface area contributed by atoms with E-state index in [4.69, 9.17) is 21.1 Å². The van der Waals surface area contributed by atoms with E-state index in [-0.39, 0.29) is 6.10 Å². The lowest BCUT2D eigenvalue weighted by molar-refractivity contribution is 0.191. The Labute approximate surface area is 160 Å². The molecule has 0 aliphatic rings. The second-order valence-electron chi connectivity index (χ2n) is 6.13. The van der Waals surface area contributed by atoms with E-state index in [2.05, 4.69) is 10.6 Å². The number of hydrogen-bond donors (Lipinski definition) is 3. The van der Waals surface area contributed by atoms with Crippen molar-refractivity contribution < 1.29 is 14.6 Å². The molecule has 0 saturated carbocycles. The molecule has 26 heavy (non-hydrogen) atoms. The van der Waals surface area contributed by atoms with Gasteiger partial charge in [-0.25, -0.2) is 0 Å². The summed E-state index contributed by atoms with van der Waals surface area (Å²) >= 11 is 6.00. The molecule has 5 nitrogen and oxygen atoms in total. The second kappa shape index (κ2) is 11.0. The molecular weight excluding hydrogens is 352 g/mol. The summed E-state index contributed by atoms with van der Waals surface area (Å²) in [7, 11) is 1.64. The van der Waals surface area contributed by atoms with E-state index in [1.165, 1.54) is 0 Å². The third-order valence-electron chi connectivity index (χ3n) is 3.76. The summed E-state index contributed by atoms with van der Waals surface area (Å²) in [6.07, 6.45) is -0.321. The van der Waals surface area contributed by atoms with Crippen molar-refractivity contribution in [2.45, 2.75) is 26.2 Å². The molecule has 0 amide bonds. The molecule has 2 rings (SSSR count). The van der Waals surface area contributed by atoms with Gasteiger partial charge in [0, 0.05) is 31.2 Å². The second-order valence-corrected chi connectivity index (χ2v) is 6.57. The van der Waals surface area contributed by atoms with Crippen molar-refractivity contribution in [3.63, 3.8) is 0 Å². The molecule has 0 aliphatic heterocycles. The summed E-state index contributed by atoms with van der Waals surface area (Å²) in [6.45, 7) is 5.17. The summed E-state index contributed by atoms with van der Waals surface area (Å²) < 4.78 is 11.3. The van der Waals surface area contributed by atoms with Crippen molar-refractivity contribution in [1.82, 2.24) is 10.6 Å². The van der Waals surface area contributed by atoms with Crippen LogP contribution >= 0.6 is 11.6 Å². The third kappa shape index (κ3) is 7.22. The molecule has 0 bridgehead atoms. The minimum atomic E-state index is -0.321. The van der Waals surface area contributed by atoms with E-state index >= 15 is 0 Å². The number of halogens is 1. The Hall–Kier alpha value is -1.79. The highest BCUT2D eigenvalue weighted by Gasteiger charge is 2.06. The molecule has 0 spiro atoms. The maximum absolute atomic E-state index is 9.19. The largest absolute Gasteiger partial charge is 0.493 e. The predicted octanol–water partition coefficient (Wildman–Crippen LogP) is 2.99. The monoisotopic (exact) mass is 378 g/mol. The van der Waals surface area contributed by atoms with Gasteiger partial charge < -0.3 is 25.2 Å². The topological polar surface area (TPSA) is 62.8 Å². The summed E-state index contributed by atoms with van der Waals surface area (Å²) in [5, 5.41) is 16.4. The zero-order valence-corrected chi connectivity index (χ0v) is 16.1. The summed E-state index contributed by atoms with van der Waals surface area (Å²) in [5.41, 5.74) is 2.13. The van der Waals surface area contributed by atoms with Gasteiger partial charge in [-0.2, -0.15) is 0 Å². The molecule has 142 valence electrons. The highest BCUT2D eigenvalue weighted by Crippen LogP contribution is 2.29. The van der Waals surface area contributed by atoms with Crippen LogP contribution in [0.1, 0.15) is 18.1 Å². The molecular formula is C20H27ClN2O3. The van der Waals surface area contributed by atoms with Crippen LogP contribution in [0.15, 0.2) is 42.5 Å². The summed E-state index contributed by atoms with van der Waals surface area (Å²) in [4.78, 5) is 0. The molecule has 6 heteroatoms. The predicted molar refractivity (Wildman–Crippen MR) is 105 cm³/mol. The van der Waals surface area contributed by atoms with Crippen molar-refractivity contribution in [1.29, 1.82) is 0 Å². The average molecular weight is 379 g/mol. The van der Waals surface area contributed by atoms with Gasteiger partial charge in [-0.15, -0.1) is 0 Å². The number of hydrogen-bond acceptors (Lipinski definition) is 5. The minimum Gasteiger partial charge on any atom is -0.493 e. The molecule has 2 aromatic rings. The van der Waals surface area contributed by atoms with Gasteiger partial charge in [-0.1, -0.05) is 29.8 Å². The smallest absolute Gasteiger partial charge is 0.161 e. The fraction of sp³-hybridized carbons (Fsp3) is 0.400. The first kappa shape index (κ1) is 20.5. The Kier molecular flexibility index (Phi) is 8.71. The van der Waals surface area contributed by atoms with Crippen molar-refractivity contribution in [3.05, 3.63) is 58.6 Å². The van der Waals surface area contributed by atoms with Gasteiger partial charge in [0.05, 0.1) is 13.2 Å². The van der Waals surface area contributed by atoms with Crippen LogP contribution in [0, 0.1) is 0 Å². The van der Waals surface area contributed by atoms with Crippen LogP contribution in [0.2, 0.25) is 5.02 Å². The maximum Gasteiger partial charge on any atom is 0.161 e. The Morgan fingerprint density at radius 2 is 1.85 bits per heavy atom. The fourth-order valence-corrected chi connectivity index (χ4v) is 2.66. The van der Waals surface area contributed by atoms with Crippen LogP contribution in [0.4, 0.5) is 0 Å². The van der Waals surface area contributed by atoms with E-state index in [9.17, 15) is 5.11 Å². The maximum atomic E-state index is 9.19. The van der Waals surface area contributed by atoms with Crippen molar-refractivity contribution in [3.8, 4) is 11.5 Å². The van der Waals surface area contributed by atoms with Crippen LogP contribution in [0.25, 0.3) is 0 Å². The van der Waals surface area contributed by atoms with Gasteiger partial charge in [0.1, 0.15) is 6.61 Å². The highest BCUT2D eigenvalue weighted by molar-refractivity contribution is 6.30. The lowest BCUT2D eigenvalue weighted by atomic mass is 10.2. The Bertz CT molecular complexity index is 680. The molecule has 1 atom stereocenters. The number of aliphatic hydroxyl groups excluding tert-OH is 1. The molecule has 0 radical (unpaired) electrons. The minimum absolute atomic E-state index is 0.321. The van der Waals surface area contributed by atoms with Crippen molar-refractivity contribution >= 4 is 11.6 Å². The van der Waals surface area contributed by atoms with Crippen molar-refractivity contribution in [2.24, 2.45) is 0 Å². The van der Waals surface area contributed by atoms with E-state index in [0.29, 0.717) is 29.7 Å². The Morgan fingerprint density at radius 3 is 2.58 bits per heavy atom. The van der Waals surface area contributed by atoms with Crippen LogP contribution < -0.4 is 20.1 Å². The molecule has 0 aromatic heterocycles. The molecule has 0 aliphatic carbocycles. The molecule has 2 aromatic carbocycles. The van der Waals surface area contributed by atoms with Crippen LogP contribution in [0.5, 0.6) is 11.5 Å². The lowest BCUT2D eigenvalue weighted by Gasteiger charge is -2.13. The number of methoxy groups -OCH3 is 1. The van der Waals surface area contributed by atoms with Crippen LogP contribution in [-0.4, -0.2) is 38.0 Å². The molecule has 3 N–H and O–H groups in total. The van der Waals surface area contributed by atoms with Crippen LogP contribution in [0.3, 0.4) is 0 Å². The van der Waals surface area contributed by atoms with Crippen LogP contribution in [-0.2, 0) is 13.2 Å². The van der Waals surface area contributed by atoms with Crippen molar-refractivity contribution in [2.75, 3.05) is 26.7 Å². The van der Waals surface area contributed by atoms with Gasteiger partial charge in [-0.3, -0.25) is 0 Å². The normalized spacial score (nSPS) is 12.0. The average Bonchev–Trinajstić information content (AvgIpc) is 2.63. The third-order valence-corrected chi connectivity index (χ3v) is 3.99. The van der Waals surface area contributed by atoms with E-state index < -0.39 is 0 Å². The number of benzene rings is 2. The van der Waals surface area contributed by atoms with Gasteiger partial charge >= 0.3 is 0 Å². The SMILES string of the molecule is COc1cc(CNCCNC[C@H](C)O)ccc1OCc1cccc(Cl)c1. The molecule has 0 heterocycles. The van der Waals surface area contributed by atoms with Gasteiger partial charge in [0.25, 0.3) is 0 Å². The quantitative estimate of drug-likeness (QED) is 0.525. The standard InChI is InChI=1S/C20H27ClN2O3/c1-15(24)12-22-8-9-23-13-16-6-7-19(20(11-16)25-2)26-14-17-4-3-5-18(21)10-17/h3-7,10-11,15,22-24H,8-9,12-14H2,1-2H3/t15-/m0/s1. The number of ether oxygens (including phenoxy) is 2. The zero-order chi connectivity index (χ0) is 18.8. The number of rotatable bonds is 11. The lowest BCUT2D eigenvalue weighted by Crippen LogP contribution is -2.31. The highest BCUT2D eigenvalue weighted by atomic mass is 35.5. The van der Waals surface area contributed by atoms with E-state index in [1.54, 1.807) is 14.0 Å². The van der Waals surface area contributed by atoms with Gasteiger partial charge in [0.15, 0.2) is 11.5 Å². The Morgan fingerprint density at radius 1 is 1.04 bits per heavy atom. The molecule has 0 fully saturated rings. The zero-order valence-electron chi connectivity index (χ0n) is 15.3. The first-order valence-corrected chi connectivity index (χ1v) is 9.10. The van der Waals surface area contributed by atoms with Gasteiger partial charge in [-0.05, 0) is 42.3 Å². The Balaban J connectivity index is 1.82. The molecule has 0 saturated heterocycles.